The molecule has 1 N–H and O–H groups in total. The molecule has 0 aromatic heterocycles. The van der Waals surface area contributed by atoms with E-state index in [1.807, 2.05) is 12.1 Å². The van der Waals surface area contributed by atoms with Crippen LogP contribution in [0.4, 0.5) is 8.78 Å². The Balaban J connectivity index is 2.17. The monoisotopic (exact) mass is 298 g/mol. The van der Waals surface area contributed by atoms with E-state index in [-0.39, 0.29) is 16.7 Å². The standard InChI is InChI=1S/C19H16F2O/c1-2-4-12-7-9-13(10-8-12)15-11-14-5-3-6-16(22)17(14)19(21)18(15)20/h3,5-11,22H,2,4H2,1H3. The molecule has 0 amide bonds. The van der Waals surface area contributed by atoms with Crippen LogP contribution < -0.4 is 0 Å². The molecule has 0 radical (unpaired) electrons. The average Bonchev–Trinajstić information content (AvgIpc) is 2.52. The van der Waals surface area contributed by atoms with Crippen LogP contribution in [0.15, 0.2) is 48.5 Å². The first-order valence-corrected chi connectivity index (χ1v) is 7.30. The molecule has 0 heterocycles. The van der Waals surface area contributed by atoms with Gasteiger partial charge in [0.15, 0.2) is 11.6 Å². The second-order valence-corrected chi connectivity index (χ2v) is 5.37. The molecule has 112 valence electrons. The van der Waals surface area contributed by atoms with Crippen LogP contribution in [-0.4, -0.2) is 5.11 Å². The lowest BCUT2D eigenvalue weighted by atomic mass is 9.98. The number of halogens is 2. The molecule has 0 saturated heterocycles. The number of aromatic hydroxyl groups is 1. The molecule has 0 unspecified atom stereocenters. The van der Waals surface area contributed by atoms with Crippen LogP contribution >= 0.6 is 0 Å². The van der Waals surface area contributed by atoms with E-state index in [0.717, 1.165) is 12.8 Å². The minimum Gasteiger partial charge on any atom is -0.507 e. The first-order valence-electron chi connectivity index (χ1n) is 7.30. The summed E-state index contributed by atoms with van der Waals surface area (Å²) in [6.45, 7) is 2.10. The van der Waals surface area contributed by atoms with Crippen LogP contribution in [0, 0.1) is 11.6 Å². The SMILES string of the molecule is CCCc1ccc(-c2cc3cccc(O)c3c(F)c2F)cc1. The van der Waals surface area contributed by atoms with E-state index in [2.05, 4.69) is 6.92 Å². The van der Waals surface area contributed by atoms with Crippen molar-refractivity contribution in [3.63, 3.8) is 0 Å². The number of fused-ring (bicyclic) bond motifs is 1. The number of benzene rings is 3. The van der Waals surface area contributed by atoms with Gasteiger partial charge in [-0.3, -0.25) is 0 Å². The van der Waals surface area contributed by atoms with Gasteiger partial charge in [-0.2, -0.15) is 0 Å². The largest absolute Gasteiger partial charge is 0.507 e. The lowest BCUT2D eigenvalue weighted by Crippen LogP contribution is -1.93. The zero-order valence-electron chi connectivity index (χ0n) is 12.2. The van der Waals surface area contributed by atoms with Gasteiger partial charge >= 0.3 is 0 Å². The van der Waals surface area contributed by atoms with Gasteiger partial charge in [-0.1, -0.05) is 49.7 Å². The van der Waals surface area contributed by atoms with Gasteiger partial charge in [0.25, 0.3) is 0 Å². The third-order valence-corrected chi connectivity index (χ3v) is 3.83. The van der Waals surface area contributed by atoms with Crippen LogP contribution in [0.25, 0.3) is 21.9 Å². The Labute approximate surface area is 127 Å². The molecule has 3 heteroatoms. The van der Waals surface area contributed by atoms with Gasteiger partial charge in [-0.25, -0.2) is 8.78 Å². The van der Waals surface area contributed by atoms with Gasteiger partial charge in [0.1, 0.15) is 5.75 Å². The molecule has 3 aromatic carbocycles. The normalized spacial score (nSPS) is 11.0. The third kappa shape index (κ3) is 2.43. The maximum Gasteiger partial charge on any atom is 0.170 e. The summed E-state index contributed by atoms with van der Waals surface area (Å²) in [4.78, 5) is 0. The van der Waals surface area contributed by atoms with Crippen LogP contribution in [-0.2, 0) is 6.42 Å². The van der Waals surface area contributed by atoms with E-state index in [1.165, 1.54) is 11.6 Å². The minimum atomic E-state index is -1.01. The Morgan fingerprint density at radius 1 is 0.955 bits per heavy atom. The van der Waals surface area contributed by atoms with Crippen LogP contribution in [0.5, 0.6) is 5.75 Å². The van der Waals surface area contributed by atoms with Crippen molar-refractivity contribution in [3.05, 3.63) is 65.7 Å². The summed E-state index contributed by atoms with van der Waals surface area (Å²) < 4.78 is 28.6. The fraction of sp³-hybridized carbons (Fsp3) is 0.158. The van der Waals surface area contributed by atoms with E-state index < -0.39 is 11.6 Å². The van der Waals surface area contributed by atoms with E-state index in [9.17, 15) is 13.9 Å². The molecule has 0 saturated carbocycles. The van der Waals surface area contributed by atoms with Crippen LogP contribution in [0.3, 0.4) is 0 Å². The molecule has 0 aliphatic rings. The van der Waals surface area contributed by atoms with Crippen molar-refractivity contribution in [3.8, 4) is 16.9 Å². The van der Waals surface area contributed by atoms with Gasteiger partial charge in [-0.05, 0) is 35.1 Å². The van der Waals surface area contributed by atoms with Gasteiger partial charge < -0.3 is 5.11 Å². The minimum absolute atomic E-state index is 0.0775. The Hall–Kier alpha value is -2.42. The summed E-state index contributed by atoms with van der Waals surface area (Å²) in [6, 6.07) is 13.7. The Morgan fingerprint density at radius 3 is 2.36 bits per heavy atom. The number of rotatable bonds is 3. The van der Waals surface area contributed by atoms with Gasteiger partial charge in [0.2, 0.25) is 0 Å². The van der Waals surface area contributed by atoms with E-state index >= 15 is 0 Å². The molecule has 0 spiro atoms. The van der Waals surface area contributed by atoms with Crippen molar-refractivity contribution in [1.29, 1.82) is 0 Å². The highest BCUT2D eigenvalue weighted by atomic mass is 19.2. The fourth-order valence-corrected chi connectivity index (χ4v) is 2.71. The van der Waals surface area contributed by atoms with Crippen molar-refractivity contribution in [1.82, 2.24) is 0 Å². The molecule has 1 nitrogen and oxygen atoms in total. The predicted molar refractivity (Wildman–Crippen MR) is 85.0 cm³/mol. The number of hydrogen-bond donors (Lipinski definition) is 1. The highest BCUT2D eigenvalue weighted by molar-refractivity contribution is 5.92. The second-order valence-electron chi connectivity index (χ2n) is 5.37. The molecular formula is C19H16F2O. The highest BCUT2D eigenvalue weighted by Crippen LogP contribution is 2.34. The molecule has 3 rings (SSSR count). The van der Waals surface area contributed by atoms with E-state index in [1.54, 1.807) is 30.3 Å². The first-order chi connectivity index (χ1) is 10.6. The molecule has 0 aliphatic heterocycles. The van der Waals surface area contributed by atoms with E-state index in [4.69, 9.17) is 0 Å². The molecule has 0 fully saturated rings. The lowest BCUT2D eigenvalue weighted by molar-refractivity contribution is 0.472. The Morgan fingerprint density at radius 2 is 1.68 bits per heavy atom. The summed E-state index contributed by atoms with van der Waals surface area (Å²) in [5.41, 5.74) is 2.01. The van der Waals surface area contributed by atoms with Gasteiger partial charge in [0.05, 0.1) is 5.39 Å². The Bertz CT molecular complexity index is 823. The maximum absolute atomic E-state index is 14.4. The first kappa shape index (κ1) is 14.5. The highest BCUT2D eigenvalue weighted by Gasteiger charge is 2.17. The lowest BCUT2D eigenvalue weighted by Gasteiger charge is -2.10. The molecule has 0 aliphatic carbocycles. The molecular weight excluding hydrogens is 282 g/mol. The van der Waals surface area contributed by atoms with Crippen LogP contribution in [0.1, 0.15) is 18.9 Å². The summed E-state index contributed by atoms with van der Waals surface area (Å²) in [6.07, 6.45) is 2.00. The Kier molecular flexibility index (Phi) is 3.80. The summed E-state index contributed by atoms with van der Waals surface area (Å²) in [5, 5.41) is 10.1. The fourth-order valence-electron chi connectivity index (χ4n) is 2.71. The number of phenols is 1. The van der Waals surface area contributed by atoms with Crippen molar-refractivity contribution >= 4 is 10.8 Å². The van der Waals surface area contributed by atoms with Crippen molar-refractivity contribution in [2.24, 2.45) is 0 Å². The summed E-state index contributed by atoms with van der Waals surface area (Å²) in [7, 11) is 0. The van der Waals surface area contributed by atoms with E-state index in [0.29, 0.717) is 10.9 Å². The van der Waals surface area contributed by atoms with Gasteiger partial charge in [0, 0.05) is 5.56 Å². The van der Waals surface area contributed by atoms with Crippen molar-refractivity contribution in [2.45, 2.75) is 19.8 Å². The summed E-state index contributed by atoms with van der Waals surface area (Å²) in [5.74, 6) is -2.20. The smallest absolute Gasteiger partial charge is 0.170 e. The zero-order chi connectivity index (χ0) is 15.7. The number of phenolic OH excluding ortho intramolecular Hbond substituents is 1. The topological polar surface area (TPSA) is 20.2 Å². The molecule has 0 atom stereocenters. The average molecular weight is 298 g/mol. The van der Waals surface area contributed by atoms with Gasteiger partial charge in [-0.15, -0.1) is 0 Å². The van der Waals surface area contributed by atoms with Crippen molar-refractivity contribution < 1.29 is 13.9 Å². The van der Waals surface area contributed by atoms with Crippen molar-refractivity contribution in [2.75, 3.05) is 0 Å². The second kappa shape index (κ2) is 5.76. The predicted octanol–water partition coefficient (Wildman–Crippen LogP) is 5.44. The molecule has 0 bridgehead atoms. The van der Waals surface area contributed by atoms with Crippen LogP contribution in [0.2, 0.25) is 0 Å². The molecule has 22 heavy (non-hydrogen) atoms. The number of aryl methyl sites for hydroxylation is 1. The third-order valence-electron chi connectivity index (χ3n) is 3.83. The summed E-state index contributed by atoms with van der Waals surface area (Å²) >= 11 is 0. The molecule has 3 aromatic rings. The quantitative estimate of drug-likeness (QED) is 0.682. The zero-order valence-corrected chi connectivity index (χ0v) is 12.2. The maximum atomic E-state index is 14.4. The number of hydrogen-bond acceptors (Lipinski definition) is 1.